The molecule has 0 amide bonds. The average Bonchev–Trinajstić information content (AvgIpc) is 2.00. The number of hydrogen-bond acceptors (Lipinski definition) is 6. The summed E-state index contributed by atoms with van der Waals surface area (Å²) in [4.78, 5) is 26.1. The molecule has 0 aliphatic heterocycles. The molecule has 0 aromatic rings. The Morgan fingerprint density at radius 2 is 1.47 bits per heavy atom. The molecule has 3 atom stereocenters. The molecule has 10 nitrogen and oxygen atoms in total. The van der Waals surface area contributed by atoms with Gasteiger partial charge in [-0.15, -0.1) is 0 Å². The molecule has 0 saturated heterocycles. The quantitative estimate of drug-likeness (QED) is 0.497. The van der Waals surface area contributed by atoms with Gasteiger partial charge in [-0.2, -0.15) is 8.62 Å². The van der Waals surface area contributed by atoms with E-state index in [0.717, 1.165) is 14.2 Å². The monoisotopic (exact) mass is 285 g/mol. The van der Waals surface area contributed by atoms with E-state index >= 15 is 0 Å². The van der Waals surface area contributed by atoms with Gasteiger partial charge >= 0.3 is 23.4 Å². The topological polar surface area (TPSA) is 152 Å². The van der Waals surface area contributed by atoms with Crippen molar-refractivity contribution in [3.63, 3.8) is 0 Å². The van der Waals surface area contributed by atoms with E-state index in [1.807, 2.05) is 0 Å². The lowest BCUT2D eigenvalue weighted by Crippen LogP contribution is -2.05. The Bertz CT molecular complexity index is 321. The van der Waals surface area contributed by atoms with E-state index in [-0.39, 0.29) is 0 Å². The van der Waals surface area contributed by atoms with Gasteiger partial charge in [0.15, 0.2) is 0 Å². The van der Waals surface area contributed by atoms with Gasteiger partial charge in [0.2, 0.25) is 0 Å². The van der Waals surface area contributed by atoms with Gasteiger partial charge < -0.3 is 14.7 Å². The van der Waals surface area contributed by atoms with E-state index in [4.69, 9.17) is 14.7 Å². The molecule has 3 unspecified atom stereocenters. The van der Waals surface area contributed by atoms with Crippen LogP contribution in [0.4, 0.5) is 0 Å². The molecule has 0 aromatic heterocycles. The minimum atomic E-state index is -5.18. The number of hydrogen-bond donors (Lipinski definition) is 4. The van der Waals surface area contributed by atoms with Crippen LogP contribution in [0.3, 0.4) is 0 Å². The summed E-state index contributed by atoms with van der Waals surface area (Å²) in [6.07, 6.45) is 0. The predicted octanol–water partition coefficient (Wildman–Crippen LogP) is 0.187. The minimum Gasteiger partial charge on any atom is -0.312 e. The van der Waals surface area contributed by atoms with Gasteiger partial charge in [-0.3, -0.25) is 4.52 Å². The van der Waals surface area contributed by atoms with Crippen LogP contribution in [0.1, 0.15) is 0 Å². The van der Waals surface area contributed by atoms with Crippen molar-refractivity contribution in [2.24, 2.45) is 0 Å². The molecule has 0 rings (SSSR count). The van der Waals surface area contributed by atoms with Crippen LogP contribution in [0.5, 0.6) is 0 Å². The first-order valence-corrected chi connectivity index (χ1v) is 7.76. The molecule has 0 spiro atoms. The maximum Gasteiger partial charge on any atom is 0.489 e. The van der Waals surface area contributed by atoms with E-state index in [1.54, 1.807) is 5.09 Å². The number of nitrogens with one attached hydrogen (secondary N) is 1. The lowest BCUT2D eigenvalue weighted by molar-refractivity contribution is 0.202. The van der Waals surface area contributed by atoms with Crippen molar-refractivity contribution in [3.8, 4) is 0 Å². The number of rotatable bonds is 6. The highest BCUT2D eigenvalue weighted by Gasteiger charge is 2.39. The Hall–Kier alpha value is 0.410. The van der Waals surface area contributed by atoms with E-state index in [1.165, 1.54) is 0 Å². The summed E-state index contributed by atoms with van der Waals surface area (Å²) in [5, 5.41) is 1.67. The summed E-state index contributed by atoms with van der Waals surface area (Å²) in [6, 6.07) is 0. The molecule has 92 valence electrons. The van der Waals surface area contributed by atoms with Gasteiger partial charge in [0.25, 0.3) is 0 Å². The van der Waals surface area contributed by atoms with Crippen molar-refractivity contribution < 1.29 is 41.5 Å². The summed E-state index contributed by atoms with van der Waals surface area (Å²) in [7, 11) is -12.8. The van der Waals surface area contributed by atoms with Gasteiger partial charge in [0.05, 0.1) is 0 Å². The summed E-state index contributed by atoms with van der Waals surface area (Å²) in [6.45, 7) is 0. The van der Waals surface area contributed by atoms with Crippen molar-refractivity contribution in [2.45, 2.75) is 0 Å². The largest absolute Gasteiger partial charge is 0.489 e. The Morgan fingerprint density at radius 3 is 1.80 bits per heavy atom. The first-order chi connectivity index (χ1) is 6.54. The fourth-order valence-corrected chi connectivity index (χ4v) is 3.50. The molecule has 0 saturated carbocycles. The third-order valence-electron chi connectivity index (χ3n) is 0.934. The molecule has 13 heteroatoms. The average molecular weight is 285 g/mol. The first-order valence-electron chi connectivity index (χ1n) is 3.19. The number of phosphoric ester groups is 1. The van der Waals surface area contributed by atoms with Crippen LogP contribution >= 0.6 is 23.4 Å². The summed E-state index contributed by atoms with van der Waals surface area (Å²) < 4.78 is 43.5. The summed E-state index contributed by atoms with van der Waals surface area (Å²) in [5.74, 6) is 0. The van der Waals surface area contributed by atoms with Gasteiger partial charge in [-0.25, -0.2) is 18.8 Å². The van der Waals surface area contributed by atoms with Crippen LogP contribution in [0.15, 0.2) is 0 Å². The van der Waals surface area contributed by atoms with Crippen molar-refractivity contribution in [1.29, 1.82) is 0 Å². The second kappa shape index (κ2) is 5.16. The van der Waals surface area contributed by atoms with Crippen molar-refractivity contribution in [2.75, 3.05) is 14.2 Å². The van der Waals surface area contributed by atoms with E-state index in [0.29, 0.717) is 0 Å². The maximum absolute atomic E-state index is 10.9. The summed E-state index contributed by atoms with van der Waals surface area (Å²) >= 11 is 0. The molecule has 0 aromatic carbocycles. The molecular formula is C2H10NO9P3. The standard InChI is InChI=1S/C2H10NO9P3/c1-3-13(4,5)11-15(8,9)12-14(6,7)10-2/h1-2H3,(H,6,7)(H,8,9)(H2,3,4,5). The fraction of sp³-hybridized carbons (Fsp3) is 1.00. The second-order valence-electron chi connectivity index (χ2n) is 2.03. The molecule has 4 N–H and O–H groups in total. The second-order valence-corrected chi connectivity index (χ2v) is 7.06. The smallest absolute Gasteiger partial charge is 0.312 e. The molecule has 0 bridgehead atoms. The minimum absolute atomic E-state index is 0.734. The lowest BCUT2D eigenvalue weighted by Gasteiger charge is -2.16. The lowest BCUT2D eigenvalue weighted by atomic mass is 11.6. The zero-order chi connectivity index (χ0) is 12.3. The van der Waals surface area contributed by atoms with Gasteiger partial charge in [-0.05, 0) is 7.05 Å². The first kappa shape index (κ1) is 15.4. The van der Waals surface area contributed by atoms with Crippen LogP contribution in [0.25, 0.3) is 0 Å². The molecule has 0 aliphatic carbocycles. The normalized spacial score (nSPS) is 23.8. The molecule has 0 aliphatic rings. The number of phosphoric acid groups is 2. The molecule has 0 radical (unpaired) electrons. The van der Waals surface area contributed by atoms with Crippen molar-refractivity contribution in [3.05, 3.63) is 0 Å². The zero-order valence-electron chi connectivity index (χ0n) is 7.63. The summed E-state index contributed by atoms with van der Waals surface area (Å²) in [5.41, 5.74) is 0. The van der Waals surface area contributed by atoms with E-state index in [9.17, 15) is 13.7 Å². The maximum atomic E-state index is 10.9. The van der Waals surface area contributed by atoms with E-state index < -0.39 is 23.4 Å². The van der Waals surface area contributed by atoms with Crippen molar-refractivity contribution in [1.82, 2.24) is 5.09 Å². The highest BCUT2D eigenvalue weighted by atomic mass is 31.3. The fourth-order valence-electron chi connectivity index (χ4n) is 0.359. The zero-order valence-corrected chi connectivity index (χ0v) is 10.3. The third kappa shape index (κ3) is 6.55. The Kier molecular flexibility index (Phi) is 5.30. The van der Waals surface area contributed by atoms with Crippen LogP contribution in [-0.2, 0) is 26.8 Å². The van der Waals surface area contributed by atoms with Crippen LogP contribution in [0, 0.1) is 0 Å². The molecule has 15 heavy (non-hydrogen) atoms. The highest BCUT2D eigenvalue weighted by molar-refractivity contribution is 7.67. The van der Waals surface area contributed by atoms with Gasteiger partial charge in [0.1, 0.15) is 0 Å². The predicted molar refractivity (Wildman–Crippen MR) is 47.7 cm³/mol. The molecule has 0 heterocycles. The van der Waals surface area contributed by atoms with Crippen LogP contribution in [-0.4, -0.2) is 28.8 Å². The van der Waals surface area contributed by atoms with Gasteiger partial charge in [0, 0.05) is 7.11 Å². The molecule has 0 fully saturated rings. The Morgan fingerprint density at radius 1 is 1.00 bits per heavy atom. The SMILES string of the molecule is CNP(=O)(O)OP(=O)(O)OP(=O)(O)OC. The Balaban J connectivity index is 4.66. The highest BCUT2D eigenvalue weighted by Crippen LogP contribution is 2.65. The van der Waals surface area contributed by atoms with E-state index in [2.05, 4.69) is 13.1 Å². The third-order valence-corrected chi connectivity index (χ3v) is 5.32. The Labute approximate surface area is 85.0 Å². The van der Waals surface area contributed by atoms with Crippen LogP contribution in [0.2, 0.25) is 0 Å². The van der Waals surface area contributed by atoms with Gasteiger partial charge in [-0.1, -0.05) is 0 Å². The van der Waals surface area contributed by atoms with Crippen molar-refractivity contribution >= 4 is 23.4 Å². The van der Waals surface area contributed by atoms with Crippen LogP contribution < -0.4 is 5.09 Å². The molecular weight excluding hydrogens is 275 g/mol.